The van der Waals surface area contributed by atoms with Gasteiger partial charge in [0.25, 0.3) is 11.1 Å². The summed E-state index contributed by atoms with van der Waals surface area (Å²) >= 11 is 7.37. The van der Waals surface area contributed by atoms with Crippen molar-refractivity contribution >= 4 is 40.6 Å². The predicted molar refractivity (Wildman–Crippen MR) is 136 cm³/mol. The Balaban J connectivity index is 1.52. The Morgan fingerprint density at radius 2 is 1.77 bits per heavy atom. The average Bonchev–Trinajstić information content (AvgIpc) is 3.11. The molecule has 5 nitrogen and oxygen atoms in total. The Kier molecular flexibility index (Phi) is 8.10. The van der Waals surface area contributed by atoms with Crippen LogP contribution >= 0.6 is 23.4 Å². The van der Waals surface area contributed by atoms with Crippen molar-refractivity contribution in [3.8, 4) is 11.5 Å². The van der Waals surface area contributed by atoms with Crippen LogP contribution in [0.15, 0.2) is 71.6 Å². The van der Waals surface area contributed by atoms with E-state index in [-0.39, 0.29) is 34.3 Å². The number of thioether (sulfide) groups is 1. The van der Waals surface area contributed by atoms with E-state index in [0.29, 0.717) is 41.4 Å². The molecular weight excluding hydrogens is 489 g/mol. The summed E-state index contributed by atoms with van der Waals surface area (Å²) in [6.07, 6.45) is 2.20. The van der Waals surface area contributed by atoms with Crippen LogP contribution in [-0.4, -0.2) is 29.2 Å². The van der Waals surface area contributed by atoms with Crippen LogP contribution in [0.4, 0.5) is 9.18 Å². The fraction of sp³-hybridized carbons (Fsp3) is 0.185. The standard InChI is InChI=1S/C27H23ClFNO4S/c1-2-33-23-15-19(14-21(28)25(23)34-17-20-10-6-7-11-22(20)29)16-24-26(31)30(27(32)35-24)13-12-18-8-4-3-5-9-18/h3-11,14-16H,2,12-13,17H2,1H3/b24-16-. The van der Waals surface area contributed by atoms with E-state index < -0.39 is 0 Å². The summed E-state index contributed by atoms with van der Waals surface area (Å²) in [5, 5.41) is -0.0556. The second kappa shape index (κ2) is 11.4. The first-order chi connectivity index (χ1) is 17.0. The molecule has 0 N–H and O–H groups in total. The Hall–Kier alpha value is -3.29. The first kappa shape index (κ1) is 24.8. The van der Waals surface area contributed by atoms with E-state index in [1.54, 1.807) is 36.4 Å². The third-order valence-corrected chi connectivity index (χ3v) is 6.49. The number of rotatable bonds is 9. The highest BCUT2D eigenvalue weighted by Crippen LogP contribution is 2.39. The quantitative estimate of drug-likeness (QED) is 0.298. The van der Waals surface area contributed by atoms with Crippen molar-refractivity contribution in [3.63, 3.8) is 0 Å². The minimum Gasteiger partial charge on any atom is -0.490 e. The number of carbonyl (C=O) groups excluding carboxylic acids is 2. The van der Waals surface area contributed by atoms with Gasteiger partial charge < -0.3 is 9.47 Å². The molecule has 1 fully saturated rings. The number of amides is 2. The van der Waals surface area contributed by atoms with Gasteiger partial charge in [0, 0.05) is 12.1 Å². The minimum absolute atomic E-state index is 0.0217. The molecule has 0 unspecified atom stereocenters. The second-order valence-electron chi connectivity index (χ2n) is 7.71. The number of nitrogens with zero attached hydrogens (tertiary/aromatic N) is 1. The number of hydrogen-bond donors (Lipinski definition) is 0. The van der Waals surface area contributed by atoms with Crippen LogP contribution in [0.1, 0.15) is 23.6 Å². The number of ether oxygens (including phenoxy) is 2. The highest BCUT2D eigenvalue weighted by atomic mass is 35.5. The molecule has 35 heavy (non-hydrogen) atoms. The molecule has 180 valence electrons. The van der Waals surface area contributed by atoms with Crippen molar-refractivity contribution in [1.82, 2.24) is 4.90 Å². The number of halogens is 2. The number of benzene rings is 3. The topological polar surface area (TPSA) is 55.8 Å². The SMILES string of the molecule is CCOc1cc(/C=C2\SC(=O)N(CCc3ccccc3)C2=O)cc(Cl)c1OCc1ccccc1F. The van der Waals surface area contributed by atoms with Gasteiger partial charge in [-0.3, -0.25) is 14.5 Å². The van der Waals surface area contributed by atoms with Gasteiger partial charge in [-0.2, -0.15) is 0 Å². The predicted octanol–water partition coefficient (Wildman–Crippen LogP) is 6.74. The lowest BCUT2D eigenvalue weighted by atomic mass is 10.1. The lowest BCUT2D eigenvalue weighted by Crippen LogP contribution is -2.30. The summed E-state index contributed by atoms with van der Waals surface area (Å²) in [6, 6.07) is 19.3. The number of imide groups is 1. The maximum atomic E-state index is 14.0. The highest BCUT2D eigenvalue weighted by Gasteiger charge is 2.34. The van der Waals surface area contributed by atoms with E-state index in [1.807, 2.05) is 37.3 Å². The van der Waals surface area contributed by atoms with Gasteiger partial charge in [0.15, 0.2) is 11.5 Å². The molecule has 0 spiro atoms. The molecule has 1 heterocycles. The maximum absolute atomic E-state index is 14.0. The summed E-state index contributed by atoms with van der Waals surface area (Å²) < 4.78 is 25.5. The molecule has 0 saturated carbocycles. The van der Waals surface area contributed by atoms with Crippen LogP contribution in [-0.2, 0) is 17.8 Å². The average molecular weight is 512 g/mol. The van der Waals surface area contributed by atoms with Gasteiger partial charge in [0.05, 0.1) is 16.5 Å². The monoisotopic (exact) mass is 511 g/mol. The van der Waals surface area contributed by atoms with E-state index in [1.165, 1.54) is 11.0 Å². The first-order valence-corrected chi connectivity index (χ1v) is 12.3. The second-order valence-corrected chi connectivity index (χ2v) is 9.11. The van der Waals surface area contributed by atoms with Crippen molar-refractivity contribution < 1.29 is 23.5 Å². The van der Waals surface area contributed by atoms with Crippen molar-refractivity contribution in [1.29, 1.82) is 0 Å². The molecule has 1 aliphatic rings. The zero-order valence-corrected chi connectivity index (χ0v) is 20.6. The third-order valence-electron chi connectivity index (χ3n) is 5.30. The van der Waals surface area contributed by atoms with Gasteiger partial charge in [-0.1, -0.05) is 60.1 Å². The van der Waals surface area contributed by atoms with E-state index in [2.05, 4.69) is 0 Å². The van der Waals surface area contributed by atoms with Crippen LogP contribution in [0.3, 0.4) is 0 Å². The van der Waals surface area contributed by atoms with Gasteiger partial charge in [-0.25, -0.2) is 4.39 Å². The highest BCUT2D eigenvalue weighted by molar-refractivity contribution is 8.18. The Morgan fingerprint density at radius 1 is 1.03 bits per heavy atom. The molecule has 1 aliphatic heterocycles. The summed E-state index contributed by atoms with van der Waals surface area (Å²) in [5.41, 5.74) is 2.03. The molecule has 0 bridgehead atoms. The molecule has 1 saturated heterocycles. The van der Waals surface area contributed by atoms with E-state index in [4.69, 9.17) is 21.1 Å². The zero-order valence-electron chi connectivity index (χ0n) is 19.0. The molecule has 0 aromatic heterocycles. The molecule has 3 aromatic rings. The molecule has 0 aliphatic carbocycles. The van der Waals surface area contributed by atoms with E-state index in [0.717, 1.165) is 17.3 Å². The fourth-order valence-electron chi connectivity index (χ4n) is 3.57. The zero-order chi connectivity index (χ0) is 24.8. The molecule has 0 atom stereocenters. The van der Waals surface area contributed by atoms with Crippen molar-refractivity contribution in [3.05, 3.63) is 99.2 Å². The van der Waals surface area contributed by atoms with Crippen LogP contribution < -0.4 is 9.47 Å². The first-order valence-electron chi connectivity index (χ1n) is 11.1. The Morgan fingerprint density at radius 3 is 2.51 bits per heavy atom. The van der Waals surface area contributed by atoms with Crippen LogP contribution in [0, 0.1) is 5.82 Å². The number of carbonyl (C=O) groups is 2. The molecule has 4 rings (SSSR count). The maximum Gasteiger partial charge on any atom is 0.293 e. The van der Waals surface area contributed by atoms with Crippen molar-refractivity contribution in [2.45, 2.75) is 20.0 Å². The molecule has 8 heteroatoms. The minimum atomic E-state index is -0.374. The smallest absolute Gasteiger partial charge is 0.293 e. The fourth-order valence-corrected chi connectivity index (χ4v) is 4.71. The van der Waals surface area contributed by atoms with Gasteiger partial charge in [0.2, 0.25) is 0 Å². The van der Waals surface area contributed by atoms with Gasteiger partial charge in [-0.15, -0.1) is 0 Å². The van der Waals surface area contributed by atoms with Crippen molar-refractivity contribution in [2.24, 2.45) is 0 Å². The molecule has 3 aromatic carbocycles. The summed E-state index contributed by atoms with van der Waals surface area (Å²) in [7, 11) is 0. The normalized spacial score (nSPS) is 14.6. The largest absolute Gasteiger partial charge is 0.490 e. The lowest BCUT2D eigenvalue weighted by Gasteiger charge is -2.15. The van der Waals surface area contributed by atoms with Crippen LogP contribution in [0.2, 0.25) is 5.02 Å². The van der Waals surface area contributed by atoms with Gasteiger partial charge >= 0.3 is 0 Å². The van der Waals surface area contributed by atoms with Gasteiger partial charge in [-0.05, 0) is 60.5 Å². The molecule has 2 amide bonds. The summed E-state index contributed by atoms with van der Waals surface area (Å²) in [4.78, 5) is 26.9. The molecule has 0 radical (unpaired) electrons. The Labute approximate surface area is 212 Å². The van der Waals surface area contributed by atoms with Crippen molar-refractivity contribution in [2.75, 3.05) is 13.2 Å². The summed E-state index contributed by atoms with van der Waals surface area (Å²) in [5.74, 6) is -0.0677. The van der Waals surface area contributed by atoms with Crippen LogP contribution in [0.5, 0.6) is 11.5 Å². The summed E-state index contributed by atoms with van der Waals surface area (Å²) in [6.45, 7) is 2.46. The third kappa shape index (κ3) is 6.05. The van der Waals surface area contributed by atoms with E-state index >= 15 is 0 Å². The van der Waals surface area contributed by atoms with Gasteiger partial charge in [0.1, 0.15) is 12.4 Å². The molecular formula is C27H23ClFNO4S. The Bertz CT molecular complexity index is 1270. The van der Waals surface area contributed by atoms with Crippen LogP contribution in [0.25, 0.3) is 6.08 Å². The lowest BCUT2D eigenvalue weighted by molar-refractivity contribution is -0.122. The number of hydrogen-bond acceptors (Lipinski definition) is 5. The van der Waals surface area contributed by atoms with E-state index in [9.17, 15) is 14.0 Å².